The molecule has 3 aliphatic heterocycles. The number of likely N-dealkylation sites (tertiary alicyclic amines) is 1. The van der Waals surface area contributed by atoms with Crippen molar-refractivity contribution >= 4 is 17.7 Å². The van der Waals surface area contributed by atoms with Gasteiger partial charge in [0.2, 0.25) is 0 Å². The van der Waals surface area contributed by atoms with E-state index in [1.807, 2.05) is 47.9 Å². The predicted molar refractivity (Wildman–Crippen MR) is 100 cm³/mol. The molecule has 0 aromatic heterocycles. The van der Waals surface area contributed by atoms with E-state index < -0.39 is 0 Å². The fourth-order valence-electron chi connectivity index (χ4n) is 4.07. The van der Waals surface area contributed by atoms with E-state index in [0.717, 1.165) is 69.1 Å². The summed E-state index contributed by atoms with van der Waals surface area (Å²) in [7, 11) is 0. The quantitative estimate of drug-likeness (QED) is 0.826. The summed E-state index contributed by atoms with van der Waals surface area (Å²) in [4.78, 5) is 14.6. The van der Waals surface area contributed by atoms with Gasteiger partial charge in [0.1, 0.15) is 0 Å². The van der Waals surface area contributed by atoms with E-state index in [4.69, 9.17) is 9.47 Å². The van der Waals surface area contributed by atoms with E-state index in [1.54, 1.807) is 0 Å². The average molecular weight is 362 g/mol. The molecule has 3 fully saturated rings. The number of hydrogen-bond donors (Lipinski definition) is 0. The molecular formula is C20H27NO3S. The first-order valence-electron chi connectivity index (χ1n) is 9.33. The van der Waals surface area contributed by atoms with Crippen LogP contribution in [0.4, 0.5) is 0 Å². The molecule has 1 atom stereocenters. The molecule has 1 spiro atoms. The summed E-state index contributed by atoms with van der Waals surface area (Å²) in [5.41, 5.74) is 1.95. The summed E-state index contributed by atoms with van der Waals surface area (Å²) < 4.78 is 11.8. The number of carbonyl (C=O) groups is 1. The molecule has 0 bridgehead atoms. The maximum absolute atomic E-state index is 12.6. The molecule has 3 heterocycles. The summed E-state index contributed by atoms with van der Waals surface area (Å²) in [5, 5.41) is 0. The SMILES string of the molecule is Cc1cccc(C(=O)N2CC3(C[C@@H](OCC4CCOCC4)CS3)C2)c1. The van der Waals surface area contributed by atoms with Gasteiger partial charge in [-0.15, -0.1) is 11.8 Å². The number of amides is 1. The van der Waals surface area contributed by atoms with Crippen LogP contribution in [-0.2, 0) is 9.47 Å². The van der Waals surface area contributed by atoms with Crippen molar-refractivity contribution in [2.45, 2.75) is 37.0 Å². The number of benzene rings is 1. The van der Waals surface area contributed by atoms with Crippen LogP contribution < -0.4 is 0 Å². The standard InChI is InChI=1S/C20H27NO3S/c1-15-3-2-4-17(9-15)19(22)21-13-20(14-21)10-18(12-25-20)24-11-16-5-7-23-8-6-16/h2-4,9,16,18H,5-8,10-14H2,1H3/t18-/m1/s1. The molecule has 1 aromatic carbocycles. The second kappa shape index (κ2) is 7.29. The molecule has 1 aromatic rings. The van der Waals surface area contributed by atoms with E-state index in [9.17, 15) is 4.79 Å². The number of aryl methyl sites for hydroxylation is 1. The van der Waals surface area contributed by atoms with Crippen LogP contribution in [0.15, 0.2) is 24.3 Å². The van der Waals surface area contributed by atoms with Crippen LogP contribution in [0.25, 0.3) is 0 Å². The zero-order chi connectivity index (χ0) is 17.3. The second-order valence-corrected chi connectivity index (χ2v) is 9.23. The Labute approximate surface area is 154 Å². The number of rotatable bonds is 4. The fourth-order valence-corrected chi connectivity index (χ4v) is 5.62. The summed E-state index contributed by atoms with van der Waals surface area (Å²) in [6, 6.07) is 7.89. The first-order valence-corrected chi connectivity index (χ1v) is 10.3. The predicted octanol–water partition coefficient (Wildman–Crippen LogP) is 3.14. The molecule has 136 valence electrons. The second-order valence-electron chi connectivity index (χ2n) is 7.74. The third-order valence-corrected chi connectivity index (χ3v) is 7.17. The molecule has 0 unspecified atom stereocenters. The number of ether oxygens (including phenoxy) is 2. The summed E-state index contributed by atoms with van der Waals surface area (Å²) in [6.07, 6.45) is 3.69. The Hall–Kier alpha value is -1.04. The van der Waals surface area contributed by atoms with Crippen molar-refractivity contribution in [1.82, 2.24) is 4.90 Å². The summed E-state index contributed by atoms with van der Waals surface area (Å²) in [6.45, 7) is 6.39. The number of carbonyl (C=O) groups excluding carboxylic acids is 1. The van der Waals surface area contributed by atoms with Gasteiger partial charge in [-0.1, -0.05) is 17.7 Å². The fraction of sp³-hybridized carbons (Fsp3) is 0.650. The number of thioether (sulfide) groups is 1. The van der Waals surface area contributed by atoms with Crippen LogP contribution in [0.1, 0.15) is 35.2 Å². The normalized spacial score (nSPS) is 26.0. The Morgan fingerprint density at radius 3 is 2.92 bits per heavy atom. The summed E-state index contributed by atoms with van der Waals surface area (Å²) in [5.74, 6) is 1.90. The molecule has 0 saturated carbocycles. The van der Waals surface area contributed by atoms with Gasteiger partial charge in [0.15, 0.2) is 0 Å². The van der Waals surface area contributed by atoms with Crippen LogP contribution in [0.5, 0.6) is 0 Å². The third-order valence-electron chi connectivity index (χ3n) is 5.59. The van der Waals surface area contributed by atoms with E-state index in [2.05, 4.69) is 0 Å². The Balaban J connectivity index is 1.25. The lowest BCUT2D eigenvalue weighted by atomic mass is 9.92. The molecule has 3 saturated heterocycles. The maximum atomic E-state index is 12.6. The Bertz CT molecular complexity index is 623. The Morgan fingerprint density at radius 1 is 1.36 bits per heavy atom. The highest BCUT2D eigenvalue weighted by molar-refractivity contribution is 8.01. The highest BCUT2D eigenvalue weighted by Crippen LogP contribution is 2.46. The van der Waals surface area contributed by atoms with Crippen molar-refractivity contribution in [1.29, 1.82) is 0 Å². The number of nitrogens with zero attached hydrogens (tertiary/aromatic N) is 1. The van der Waals surface area contributed by atoms with Crippen LogP contribution in [0.2, 0.25) is 0 Å². The molecule has 1 amide bonds. The minimum Gasteiger partial charge on any atom is -0.381 e. The first-order chi connectivity index (χ1) is 12.1. The zero-order valence-electron chi connectivity index (χ0n) is 14.9. The lowest BCUT2D eigenvalue weighted by Crippen LogP contribution is -2.60. The highest BCUT2D eigenvalue weighted by atomic mass is 32.2. The van der Waals surface area contributed by atoms with Crippen molar-refractivity contribution in [2.24, 2.45) is 5.92 Å². The van der Waals surface area contributed by atoms with Crippen LogP contribution in [0, 0.1) is 12.8 Å². The molecule has 3 aliphatic rings. The maximum Gasteiger partial charge on any atom is 0.253 e. The lowest BCUT2D eigenvalue weighted by molar-refractivity contribution is -0.0118. The minimum atomic E-state index is 0.168. The van der Waals surface area contributed by atoms with Gasteiger partial charge in [0, 0.05) is 44.2 Å². The summed E-state index contributed by atoms with van der Waals surface area (Å²) >= 11 is 2.00. The molecule has 25 heavy (non-hydrogen) atoms. The van der Waals surface area contributed by atoms with Crippen molar-refractivity contribution in [3.63, 3.8) is 0 Å². The van der Waals surface area contributed by atoms with Gasteiger partial charge in [0.25, 0.3) is 5.91 Å². The van der Waals surface area contributed by atoms with Gasteiger partial charge in [0.05, 0.1) is 10.9 Å². The Kier molecular flexibility index (Phi) is 5.07. The van der Waals surface area contributed by atoms with Crippen molar-refractivity contribution in [2.75, 3.05) is 38.7 Å². The zero-order valence-corrected chi connectivity index (χ0v) is 15.7. The molecule has 4 rings (SSSR count). The highest BCUT2D eigenvalue weighted by Gasteiger charge is 2.51. The molecule has 0 aliphatic carbocycles. The smallest absolute Gasteiger partial charge is 0.253 e. The average Bonchev–Trinajstić information content (AvgIpc) is 3.04. The van der Waals surface area contributed by atoms with Gasteiger partial charge < -0.3 is 14.4 Å². The third kappa shape index (κ3) is 3.88. The molecular weight excluding hydrogens is 334 g/mol. The van der Waals surface area contributed by atoms with Gasteiger partial charge in [-0.3, -0.25) is 4.79 Å². The molecule has 0 radical (unpaired) electrons. The molecule has 0 N–H and O–H groups in total. The monoisotopic (exact) mass is 361 g/mol. The first kappa shape index (κ1) is 17.4. The van der Waals surface area contributed by atoms with Crippen LogP contribution >= 0.6 is 11.8 Å². The van der Waals surface area contributed by atoms with Crippen molar-refractivity contribution in [3.05, 3.63) is 35.4 Å². The van der Waals surface area contributed by atoms with Gasteiger partial charge in [-0.2, -0.15) is 0 Å². The largest absolute Gasteiger partial charge is 0.381 e. The molecule has 5 heteroatoms. The van der Waals surface area contributed by atoms with E-state index in [1.165, 1.54) is 0 Å². The van der Waals surface area contributed by atoms with Gasteiger partial charge in [-0.05, 0) is 44.2 Å². The van der Waals surface area contributed by atoms with E-state index in [0.29, 0.717) is 12.0 Å². The van der Waals surface area contributed by atoms with E-state index in [-0.39, 0.29) is 10.7 Å². The Morgan fingerprint density at radius 2 is 2.16 bits per heavy atom. The van der Waals surface area contributed by atoms with Crippen molar-refractivity contribution < 1.29 is 14.3 Å². The molecule has 4 nitrogen and oxygen atoms in total. The van der Waals surface area contributed by atoms with Crippen LogP contribution in [-0.4, -0.2) is 60.3 Å². The van der Waals surface area contributed by atoms with Crippen molar-refractivity contribution in [3.8, 4) is 0 Å². The van der Waals surface area contributed by atoms with Gasteiger partial charge in [-0.25, -0.2) is 0 Å². The number of hydrogen-bond acceptors (Lipinski definition) is 4. The minimum absolute atomic E-state index is 0.168. The lowest BCUT2D eigenvalue weighted by Gasteiger charge is -2.47. The van der Waals surface area contributed by atoms with Crippen LogP contribution in [0.3, 0.4) is 0 Å². The van der Waals surface area contributed by atoms with Gasteiger partial charge >= 0.3 is 0 Å². The topological polar surface area (TPSA) is 38.8 Å². The van der Waals surface area contributed by atoms with E-state index >= 15 is 0 Å².